The van der Waals surface area contributed by atoms with Crippen LogP contribution >= 0.6 is 0 Å². The molecule has 30 heavy (non-hydrogen) atoms. The largest absolute Gasteiger partial charge is 0.463 e. The van der Waals surface area contributed by atoms with Gasteiger partial charge >= 0.3 is 35.8 Å². The third-order valence-electron chi connectivity index (χ3n) is 5.38. The molecular formula is C18H19F5O7. The zero-order valence-electron chi connectivity index (χ0n) is 15.9. The molecule has 0 radical (unpaired) electrons. The van der Waals surface area contributed by atoms with Crippen molar-refractivity contribution in [2.75, 3.05) is 6.61 Å². The molecule has 3 aliphatic rings. The second kappa shape index (κ2) is 7.47. The fraction of sp³-hybridized carbons (Fsp3) is 0.722. The summed E-state index contributed by atoms with van der Waals surface area (Å²) >= 11 is 0. The monoisotopic (exact) mass is 442 g/mol. The number of allylic oxidation sites excluding steroid dienone is 2. The molecule has 1 saturated carbocycles. The van der Waals surface area contributed by atoms with Gasteiger partial charge in [0.15, 0.2) is 0 Å². The number of alkyl halides is 5. The summed E-state index contributed by atoms with van der Waals surface area (Å²) in [6.45, 7) is 0.146. The minimum absolute atomic E-state index is 0.0898. The molecule has 1 aliphatic heterocycles. The number of fused-ring (bicyclic) bond motifs is 2. The van der Waals surface area contributed by atoms with Crippen molar-refractivity contribution >= 4 is 17.9 Å². The predicted octanol–water partition coefficient (Wildman–Crippen LogP) is 2.53. The highest BCUT2D eigenvalue weighted by Crippen LogP contribution is 2.54. The van der Waals surface area contributed by atoms with Gasteiger partial charge < -0.3 is 18.9 Å². The van der Waals surface area contributed by atoms with Crippen LogP contribution in [0.25, 0.3) is 0 Å². The van der Waals surface area contributed by atoms with Gasteiger partial charge in [-0.3, -0.25) is 14.4 Å². The van der Waals surface area contributed by atoms with Gasteiger partial charge in [-0.2, -0.15) is 22.0 Å². The first-order chi connectivity index (χ1) is 13.8. The number of halogens is 5. The first-order valence-corrected chi connectivity index (χ1v) is 9.12. The van der Waals surface area contributed by atoms with Gasteiger partial charge in [0.2, 0.25) is 6.10 Å². The van der Waals surface area contributed by atoms with E-state index < -0.39 is 60.5 Å². The highest BCUT2D eigenvalue weighted by Gasteiger charge is 2.84. The van der Waals surface area contributed by atoms with Crippen molar-refractivity contribution in [1.29, 1.82) is 0 Å². The Balaban J connectivity index is 1.82. The summed E-state index contributed by atoms with van der Waals surface area (Å²) in [7, 11) is 0. The molecule has 0 N–H and O–H groups in total. The fourth-order valence-electron chi connectivity index (χ4n) is 4.16. The lowest BCUT2D eigenvalue weighted by Gasteiger charge is -2.34. The normalized spacial score (nSPS) is 36.6. The molecule has 6 unspecified atom stereocenters. The van der Waals surface area contributed by atoms with Crippen molar-refractivity contribution in [2.24, 2.45) is 17.8 Å². The molecule has 0 aromatic heterocycles. The smallest absolute Gasteiger partial charge is 0.462 e. The summed E-state index contributed by atoms with van der Waals surface area (Å²) in [4.78, 5) is 34.7. The fourth-order valence-corrected chi connectivity index (χ4v) is 4.16. The number of carbonyl (C=O) groups excluding carboxylic acids is 3. The third kappa shape index (κ3) is 3.65. The van der Waals surface area contributed by atoms with E-state index in [1.54, 1.807) is 0 Å². The van der Waals surface area contributed by atoms with E-state index in [4.69, 9.17) is 4.74 Å². The standard InChI is InChI=1S/C18H19F5O7/c1-8(24)28-14-13(7-27-15(26)12-6-10-3-4-11(12)5-10)30-17(16(14,19)20,18(21,22)23)29-9(2)25/h3-4,10-14H,5-7H2,1-2H3. The van der Waals surface area contributed by atoms with Crippen molar-refractivity contribution in [1.82, 2.24) is 0 Å². The summed E-state index contributed by atoms with van der Waals surface area (Å²) in [5.41, 5.74) is 0. The van der Waals surface area contributed by atoms with Crippen LogP contribution in [0.1, 0.15) is 26.7 Å². The van der Waals surface area contributed by atoms with Crippen LogP contribution in [0, 0.1) is 17.8 Å². The Morgan fingerprint density at radius 2 is 1.77 bits per heavy atom. The first-order valence-electron chi connectivity index (χ1n) is 9.12. The zero-order valence-corrected chi connectivity index (χ0v) is 15.9. The Kier molecular flexibility index (Phi) is 5.59. The van der Waals surface area contributed by atoms with Crippen molar-refractivity contribution < 1.29 is 55.3 Å². The van der Waals surface area contributed by atoms with E-state index in [9.17, 15) is 36.3 Å². The van der Waals surface area contributed by atoms with Crippen LogP contribution in [0.4, 0.5) is 22.0 Å². The second-order valence-corrected chi connectivity index (χ2v) is 7.53. The summed E-state index contributed by atoms with van der Waals surface area (Å²) in [6, 6.07) is 0. The molecule has 6 atom stereocenters. The molecule has 1 saturated heterocycles. The lowest BCUT2D eigenvalue weighted by Crippen LogP contribution is -2.62. The molecule has 2 bridgehead atoms. The molecule has 2 aliphatic carbocycles. The Hall–Kier alpha value is -2.24. The van der Waals surface area contributed by atoms with E-state index in [2.05, 4.69) is 14.2 Å². The quantitative estimate of drug-likeness (QED) is 0.280. The Morgan fingerprint density at radius 1 is 1.10 bits per heavy atom. The maximum absolute atomic E-state index is 14.8. The number of hydrogen-bond donors (Lipinski definition) is 0. The second-order valence-electron chi connectivity index (χ2n) is 7.53. The van der Waals surface area contributed by atoms with E-state index in [0.29, 0.717) is 20.3 Å². The minimum atomic E-state index is -5.88. The molecule has 2 fully saturated rings. The highest BCUT2D eigenvalue weighted by atomic mass is 19.4. The SMILES string of the molecule is CC(=O)OC1C(COC(=O)C2CC3C=CC2C3)OC(OC(C)=O)(C(F)(F)F)C1(F)F. The molecular weight excluding hydrogens is 423 g/mol. The van der Waals surface area contributed by atoms with Crippen LogP contribution in [-0.2, 0) is 33.3 Å². The predicted molar refractivity (Wildman–Crippen MR) is 85.7 cm³/mol. The van der Waals surface area contributed by atoms with Crippen LogP contribution in [0.15, 0.2) is 12.2 Å². The van der Waals surface area contributed by atoms with Crippen molar-refractivity contribution in [3.63, 3.8) is 0 Å². The molecule has 12 heteroatoms. The Labute approximate surface area is 167 Å². The molecule has 7 nitrogen and oxygen atoms in total. The van der Waals surface area contributed by atoms with Crippen molar-refractivity contribution in [3.8, 4) is 0 Å². The topological polar surface area (TPSA) is 88.1 Å². The summed E-state index contributed by atoms with van der Waals surface area (Å²) in [6.07, 6.45) is -5.91. The lowest BCUT2D eigenvalue weighted by molar-refractivity contribution is -0.409. The van der Waals surface area contributed by atoms with Gasteiger partial charge in [0.1, 0.15) is 12.7 Å². The molecule has 168 valence electrons. The van der Waals surface area contributed by atoms with Gasteiger partial charge in [-0.25, -0.2) is 0 Å². The van der Waals surface area contributed by atoms with E-state index >= 15 is 0 Å². The molecule has 0 spiro atoms. The van der Waals surface area contributed by atoms with Gasteiger partial charge in [-0.1, -0.05) is 12.2 Å². The van der Waals surface area contributed by atoms with Gasteiger partial charge in [0.05, 0.1) is 5.92 Å². The summed E-state index contributed by atoms with van der Waals surface area (Å²) < 4.78 is 87.9. The van der Waals surface area contributed by atoms with E-state index in [0.717, 1.165) is 6.42 Å². The number of rotatable bonds is 5. The molecule has 3 rings (SSSR count). The van der Waals surface area contributed by atoms with Gasteiger partial charge in [-0.05, 0) is 24.7 Å². The Morgan fingerprint density at radius 3 is 2.23 bits per heavy atom. The molecule has 0 amide bonds. The van der Waals surface area contributed by atoms with Crippen LogP contribution < -0.4 is 0 Å². The maximum Gasteiger partial charge on any atom is 0.462 e. The summed E-state index contributed by atoms with van der Waals surface area (Å²) in [5.74, 6) is -13.9. The molecule has 0 aromatic rings. The van der Waals surface area contributed by atoms with Gasteiger partial charge in [0.25, 0.3) is 0 Å². The third-order valence-corrected chi connectivity index (χ3v) is 5.38. The van der Waals surface area contributed by atoms with Crippen molar-refractivity contribution in [3.05, 3.63) is 12.2 Å². The molecule has 1 heterocycles. The summed E-state index contributed by atoms with van der Waals surface area (Å²) in [5, 5.41) is 0. The lowest BCUT2D eigenvalue weighted by atomic mass is 9.94. The number of hydrogen-bond acceptors (Lipinski definition) is 7. The average Bonchev–Trinajstić information content (AvgIpc) is 3.27. The number of ether oxygens (including phenoxy) is 4. The highest BCUT2D eigenvalue weighted by molar-refractivity contribution is 5.74. The van der Waals surface area contributed by atoms with E-state index in [1.165, 1.54) is 0 Å². The molecule has 0 aromatic carbocycles. The zero-order chi connectivity index (χ0) is 22.5. The van der Waals surface area contributed by atoms with Gasteiger partial charge in [0, 0.05) is 13.8 Å². The minimum Gasteiger partial charge on any atom is -0.463 e. The number of esters is 3. The van der Waals surface area contributed by atoms with Crippen LogP contribution in [0.3, 0.4) is 0 Å². The van der Waals surface area contributed by atoms with Crippen molar-refractivity contribution in [2.45, 2.75) is 56.8 Å². The maximum atomic E-state index is 14.8. The van der Waals surface area contributed by atoms with Crippen LogP contribution in [0.2, 0.25) is 0 Å². The Bertz CT molecular complexity index is 765. The average molecular weight is 442 g/mol. The van der Waals surface area contributed by atoms with Crippen LogP contribution in [-0.4, -0.2) is 54.6 Å². The van der Waals surface area contributed by atoms with Crippen LogP contribution in [0.5, 0.6) is 0 Å². The first kappa shape index (κ1) is 22.4. The van der Waals surface area contributed by atoms with E-state index in [1.807, 2.05) is 12.2 Å². The van der Waals surface area contributed by atoms with Gasteiger partial charge in [-0.15, -0.1) is 0 Å². The van der Waals surface area contributed by atoms with E-state index in [-0.39, 0.29) is 11.8 Å². The number of carbonyl (C=O) groups is 3.